The summed E-state index contributed by atoms with van der Waals surface area (Å²) in [6, 6.07) is 3.99. The Hall–Kier alpha value is -1.75. The van der Waals surface area contributed by atoms with Gasteiger partial charge >= 0.3 is 0 Å². The molecule has 5 nitrogen and oxygen atoms in total. The molecule has 17 heavy (non-hydrogen) atoms. The minimum absolute atomic E-state index is 0.0960. The van der Waals surface area contributed by atoms with E-state index in [1.165, 1.54) is 0 Å². The highest BCUT2D eigenvalue weighted by molar-refractivity contribution is 5.14. The van der Waals surface area contributed by atoms with Crippen LogP contribution in [0.5, 0.6) is 0 Å². The summed E-state index contributed by atoms with van der Waals surface area (Å²) in [5.41, 5.74) is 1.13. The largest absolute Gasteiger partial charge is 0.338 e. The molecule has 0 bridgehead atoms. The van der Waals surface area contributed by atoms with Crippen molar-refractivity contribution in [3.63, 3.8) is 0 Å². The second-order valence-electron chi connectivity index (χ2n) is 3.86. The SMILES string of the molecule is CCNC(C)c1nc(Cc2ccncc2)no1. The maximum atomic E-state index is 5.21. The average molecular weight is 232 g/mol. The van der Waals surface area contributed by atoms with Gasteiger partial charge in [0.25, 0.3) is 0 Å². The van der Waals surface area contributed by atoms with Crippen LogP contribution < -0.4 is 5.32 Å². The number of pyridine rings is 1. The molecular weight excluding hydrogens is 216 g/mol. The van der Waals surface area contributed by atoms with Crippen molar-refractivity contribution in [3.05, 3.63) is 41.8 Å². The number of hydrogen-bond acceptors (Lipinski definition) is 5. The highest BCUT2D eigenvalue weighted by atomic mass is 16.5. The van der Waals surface area contributed by atoms with Gasteiger partial charge in [0.05, 0.1) is 6.04 Å². The Kier molecular flexibility index (Phi) is 3.82. The zero-order valence-electron chi connectivity index (χ0n) is 10.1. The van der Waals surface area contributed by atoms with Gasteiger partial charge in [0.1, 0.15) is 0 Å². The minimum atomic E-state index is 0.0960. The van der Waals surface area contributed by atoms with E-state index in [9.17, 15) is 0 Å². The molecule has 90 valence electrons. The molecule has 0 aliphatic heterocycles. The van der Waals surface area contributed by atoms with Crippen molar-refractivity contribution in [2.45, 2.75) is 26.3 Å². The number of nitrogens with one attached hydrogen (secondary N) is 1. The molecule has 0 amide bonds. The number of hydrogen-bond donors (Lipinski definition) is 1. The molecule has 0 aromatic carbocycles. The van der Waals surface area contributed by atoms with Crippen LogP contribution in [0, 0.1) is 0 Å². The van der Waals surface area contributed by atoms with Crippen LogP contribution in [-0.4, -0.2) is 21.7 Å². The van der Waals surface area contributed by atoms with E-state index < -0.39 is 0 Å². The minimum Gasteiger partial charge on any atom is -0.338 e. The monoisotopic (exact) mass is 232 g/mol. The lowest BCUT2D eigenvalue weighted by Gasteiger charge is -2.05. The van der Waals surface area contributed by atoms with Crippen molar-refractivity contribution in [2.75, 3.05) is 6.54 Å². The standard InChI is InChI=1S/C12H16N4O/c1-3-14-9(2)12-15-11(16-17-12)8-10-4-6-13-7-5-10/h4-7,9,14H,3,8H2,1-2H3. The maximum absolute atomic E-state index is 5.21. The van der Waals surface area contributed by atoms with E-state index >= 15 is 0 Å². The highest BCUT2D eigenvalue weighted by Gasteiger charge is 2.12. The maximum Gasteiger partial charge on any atom is 0.243 e. The molecule has 0 aliphatic carbocycles. The zero-order valence-corrected chi connectivity index (χ0v) is 10.1. The second-order valence-corrected chi connectivity index (χ2v) is 3.86. The van der Waals surface area contributed by atoms with Crippen molar-refractivity contribution in [3.8, 4) is 0 Å². The van der Waals surface area contributed by atoms with E-state index in [1.807, 2.05) is 26.0 Å². The van der Waals surface area contributed by atoms with Gasteiger partial charge in [-0.05, 0) is 31.2 Å². The summed E-state index contributed by atoms with van der Waals surface area (Å²) in [7, 11) is 0. The molecule has 0 spiro atoms. The molecule has 0 radical (unpaired) electrons. The molecule has 2 heterocycles. The molecule has 0 aliphatic rings. The Bertz CT molecular complexity index is 455. The first-order valence-electron chi connectivity index (χ1n) is 5.74. The number of rotatable bonds is 5. The summed E-state index contributed by atoms with van der Waals surface area (Å²) in [5, 5.41) is 7.20. The summed E-state index contributed by atoms with van der Waals surface area (Å²) in [5.74, 6) is 1.34. The van der Waals surface area contributed by atoms with Gasteiger partial charge in [0.15, 0.2) is 5.82 Å². The smallest absolute Gasteiger partial charge is 0.243 e. The van der Waals surface area contributed by atoms with Crippen molar-refractivity contribution in [1.29, 1.82) is 0 Å². The fraction of sp³-hybridized carbons (Fsp3) is 0.417. The first kappa shape index (κ1) is 11.7. The van der Waals surface area contributed by atoms with Gasteiger partial charge in [0.2, 0.25) is 5.89 Å². The predicted octanol–water partition coefficient (Wildman–Crippen LogP) is 1.73. The predicted molar refractivity (Wildman–Crippen MR) is 63.4 cm³/mol. The molecule has 0 saturated carbocycles. The molecular formula is C12H16N4O. The lowest BCUT2D eigenvalue weighted by atomic mass is 10.2. The Balaban J connectivity index is 2.04. The lowest BCUT2D eigenvalue weighted by molar-refractivity contribution is 0.339. The number of nitrogens with zero attached hydrogens (tertiary/aromatic N) is 3. The Labute approximate surface area is 100 Å². The van der Waals surface area contributed by atoms with Crippen LogP contribution in [0.4, 0.5) is 0 Å². The molecule has 2 aromatic rings. The van der Waals surface area contributed by atoms with Crippen molar-refractivity contribution < 1.29 is 4.52 Å². The fourth-order valence-corrected chi connectivity index (χ4v) is 1.59. The van der Waals surface area contributed by atoms with Gasteiger partial charge < -0.3 is 9.84 Å². The van der Waals surface area contributed by atoms with E-state index in [-0.39, 0.29) is 6.04 Å². The van der Waals surface area contributed by atoms with Gasteiger partial charge in [-0.25, -0.2) is 0 Å². The molecule has 1 unspecified atom stereocenters. The molecule has 5 heteroatoms. The molecule has 0 fully saturated rings. The van der Waals surface area contributed by atoms with Crippen molar-refractivity contribution >= 4 is 0 Å². The summed E-state index contributed by atoms with van der Waals surface area (Å²) >= 11 is 0. The van der Waals surface area contributed by atoms with Crippen LogP contribution in [0.25, 0.3) is 0 Å². The fourth-order valence-electron chi connectivity index (χ4n) is 1.59. The van der Waals surface area contributed by atoms with Crippen LogP contribution in [0.1, 0.15) is 37.2 Å². The highest BCUT2D eigenvalue weighted by Crippen LogP contribution is 2.11. The number of aromatic nitrogens is 3. The average Bonchev–Trinajstić information content (AvgIpc) is 2.79. The summed E-state index contributed by atoms with van der Waals surface area (Å²) in [6.07, 6.45) is 4.19. The topological polar surface area (TPSA) is 63.8 Å². The first-order valence-corrected chi connectivity index (χ1v) is 5.74. The van der Waals surface area contributed by atoms with Gasteiger partial charge in [-0.2, -0.15) is 4.98 Å². The Morgan fingerprint density at radius 2 is 2.12 bits per heavy atom. The van der Waals surface area contributed by atoms with E-state index in [0.29, 0.717) is 18.1 Å². The first-order chi connectivity index (χ1) is 8.29. The third kappa shape index (κ3) is 3.10. The third-order valence-electron chi connectivity index (χ3n) is 2.48. The zero-order chi connectivity index (χ0) is 12.1. The van der Waals surface area contributed by atoms with Gasteiger partial charge in [0, 0.05) is 18.8 Å². The summed E-state index contributed by atoms with van der Waals surface area (Å²) in [6.45, 7) is 4.93. The van der Waals surface area contributed by atoms with E-state index in [0.717, 1.165) is 12.1 Å². The summed E-state index contributed by atoms with van der Waals surface area (Å²) < 4.78 is 5.21. The quantitative estimate of drug-likeness (QED) is 0.850. The van der Waals surface area contributed by atoms with Gasteiger partial charge in [-0.15, -0.1) is 0 Å². The molecule has 0 saturated heterocycles. The van der Waals surface area contributed by atoms with E-state index in [2.05, 4.69) is 20.4 Å². The summed E-state index contributed by atoms with van der Waals surface area (Å²) in [4.78, 5) is 8.33. The van der Waals surface area contributed by atoms with Crippen molar-refractivity contribution in [1.82, 2.24) is 20.4 Å². The Morgan fingerprint density at radius 3 is 2.82 bits per heavy atom. The Morgan fingerprint density at radius 1 is 1.35 bits per heavy atom. The van der Waals surface area contributed by atoms with Crippen LogP contribution in [0.2, 0.25) is 0 Å². The molecule has 1 N–H and O–H groups in total. The van der Waals surface area contributed by atoms with Gasteiger partial charge in [-0.1, -0.05) is 12.1 Å². The van der Waals surface area contributed by atoms with E-state index in [4.69, 9.17) is 4.52 Å². The normalized spacial score (nSPS) is 12.6. The van der Waals surface area contributed by atoms with Crippen molar-refractivity contribution in [2.24, 2.45) is 0 Å². The second kappa shape index (κ2) is 5.54. The van der Waals surface area contributed by atoms with Gasteiger partial charge in [-0.3, -0.25) is 4.98 Å². The van der Waals surface area contributed by atoms with Crippen LogP contribution in [-0.2, 0) is 6.42 Å². The lowest BCUT2D eigenvalue weighted by Crippen LogP contribution is -2.17. The molecule has 1 atom stereocenters. The molecule has 2 rings (SSSR count). The third-order valence-corrected chi connectivity index (χ3v) is 2.48. The van der Waals surface area contributed by atoms with E-state index in [1.54, 1.807) is 12.4 Å². The molecule has 2 aromatic heterocycles. The van der Waals surface area contributed by atoms with Crippen LogP contribution in [0.3, 0.4) is 0 Å². The van der Waals surface area contributed by atoms with Crippen LogP contribution >= 0.6 is 0 Å². The van der Waals surface area contributed by atoms with Crippen LogP contribution in [0.15, 0.2) is 29.0 Å².